The Balaban J connectivity index is 1.26. The van der Waals surface area contributed by atoms with Crippen LogP contribution in [0, 0.1) is 5.92 Å². The van der Waals surface area contributed by atoms with Gasteiger partial charge >= 0.3 is 32.8 Å². The third-order valence-electron chi connectivity index (χ3n) is 13.3. The lowest BCUT2D eigenvalue weighted by Crippen LogP contribution is -2.61. The number of rotatable bonds is 36. The highest BCUT2D eigenvalue weighted by molar-refractivity contribution is 8.00. The van der Waals surface area contributed by atoms with E-state index in [2.05, 4.69) is 50.9 Å². The summed E-state index contributed by atoms with van der Waals surface area (Å²) in [6, 6.07) is 2.91. The molecule has 0 aromatic heterocycles. The molecule has 10 atom stereocenters. The number of benzene rings is 2. The number of urea groups is 1. The van der Waals surface area contributed by atoms with Crippen LogP contribution in [0.15, 0.2) is 48.5 Å². The van der Waals surface area contributed by atoms with Gasteiger partial charge in [-0.15, -0.1) is 0 Å². The van der Waals surface area contributed by atoms with Gasteiger partial charge in [0.25, 0.3) is 0 Å². The second-order valence-corrected chi connectivity index (χ2v) is 23.1. The molecule has 0 unspecified atom stereocenters. The van der Waals surface area contributed by atoms with Gasteiger partial charge in [-0.1, -0.05) is 57.4 Å². The number of aliphatic hydroxyl groups is 1. The molecule has 30 heteroatoms. The first kappa shape index (κ1) is 66.2. The molecule has 0 radical (unpaired) electrons. The molecule has 2 aromatic carbocycles. The number of fused-ring (bicyclic) bond motifs is 1. The zero-order valence-corrected chi connectivity index (χ0v) is 47.2. The highest BCUT2D eigenvalue weighted by Gasteiger charge is 2.42. The van der Waals surface area contributed by atoms with E-state index in [1.54, 1.807) is 13.8 Å². The number of carboxylic acids is 1. The minimum Gasteiger partial charge on any atom is -0.480 e. The van der Waals surface area contributed by atoms with Gasteiger partial charge in [0.15, 0.2) is 0 Å². The van der Waals surface area contributed by atoms with E-state index in [0.717, 1.165) is 44.1 Å². The van der Waals surface area contributed by atoms with Crippen molar-refractivity contribution in [2.24, 2.45) is 11.7 Å². The van der Waals surface area contributed by atoms with Gasteiger partial charge in [-0.2, -0.15) is 28.6 Å². The average Bonchev–Trinajstić information content (AvgIpc) is 3.94. The van der Waals surface area contributed by atoms with Gasteiger partial charge < -0.3 is 66.8 Å². The molecule has 0 aliphatic carbocycles. The van der Waals surface area contributed by atoms with E-state index in [0.29, 0.717) is 55.9 Å². The summed E-state index contributed by atoms with van der Waals surface area (Å²) in [5.74, 6) is -5.66. The third-order valence-corrected chi connectivity index (χ3v) is 15.6. The first-order valence-corrected chi connectivity index (χ1v) is 30.1. The maximum atomic E-state index is 14.1. The molecule has 27 nitrogen and oxygen atoms in total. The van der Waals surface area contributed by atoms with Crippen molar-refractivity contribution in [3.8, 4) is 11.5 Å². The number of amides is 8. The summed E-state index contributed by atoms with van der Waals surface area (Å²) in [6.07, 6.45) is 3.99. The largest absolute Gasteiger partial charge is 0.480 e. The summed E-state index contributed by atoms with van der Waals surface area (Å²) in [7, 11) is -9.69. The van der Waals surface area contributed by atoms with Crippen molar-refractivity contribution in [3.05, 3.63) is 59.7 Å². The lowest BCUT2D eigenvalue weighted by molar-refractivity contribution is -0.143. The van der Waals surface area contributed by atoms with Crippen LogP contribution in [0.2, 0.25) is 0 Å². The Labute approximate surface area is 469 Å². The number of carbonyl (C=O) groups is 8. The first-order valence-electron chi connectivity index (χ1n) is 26.3. The first-order chi connectivity index (χ1) is 37.7. The second kappa shape index (κ2) is 32.2. The number of carbonyl (C=O) groups excluding carboxylic acids is 7. The number of hydrogen-bond acceptors (Lipinski definition) is 17. The smallest absolute Gasteiger partial charge is 0.446 e. The standard InChI is InChI=1S/C50H75N9O18S3/c1-4-29(2)42(57-45(63)35(51)26-31-16-20-33(21-17-31)76-79(70,71)72)47(65)55-37(27-32-18-22-34(23-19-32)77-80(73,74)75)46(64)58-43(30(3)60)48(66)54-36(49(67)68)12-9-11-25-53-40(61)14-6-5-10-24-52-41(62)15-8-7-13-39-44-38(28-78-39)56-50(69)59-44/h16-23,29-30,35-39,42-44,60H,4-15,24-28,51H2,1-3H3,(H,52,62)(H,53,61)(H,54,66)(H,55,65)(H,57,63)(H,58,64)(H,67,68)(H2,56,59,69)(H,70,71,72)(H,73,74,75)/t29-,30+,35-,36-,37-,38-,39-,42-,43-,44-/m0/s1. The predicted molar refractivity (Wildman–Crippen MR) is 291 cm³/mol. The molecule has 0 saturated carbocycles. The topological polar surface area (TPSA) is 426 Å². The monoisotopic (exact) mass is 1190 g/mol. The molecule has 2 saturated heterocycles. The summed E-state index contributed by atoms with van der Waals surface area (Å²) in [4.78, 5) is 104. The third kappa shape index (κ3) is 23.8. The zero-order valence-electron chi connectivity index (χ0n) is 44.7. The highest BCUT2D eigenvalue weighted by atomic mass is 32.3. The average molecular weight is 1190 g/mol. The number of aliphatic carboxylic acids is 1. The minimum absolute atomic E-state index is 0.0271. The molecule has 2 heterocycles. The SMILES string of the molecule is CC[C@H](C)[C@H](NC(=O)[C@@H](N)Cc1ccc(OS(=O)(=O)O)cc1)C(=O)N[C@@H](Cc1ccc(OS(=O)(=O)O)cc1)C(=O)N[C@H](C(=O)N[C@@H](CCCCNC(=O)CCCCCNC(=O)CCCC[C@@H]1SC[C@@H]2NC(=O)N[C@@H]21)C(=O)O)[C@@H](C)O. The summed E-state index contributed by atoms with van der Waals surface area (Å²) in [5, 5.41) is 42.5. The fourth-order valence-electron chi connectivity index (χ4n) is 8.77. The van der Waals surface area contributed by atoms with Crippen LogP contribution in [0.1, 0.15) is 109 Å². The molecule has 2 aliphatic heterocycles. The number of nitrogens with one attached hydrogen (secondary N) is 8. The van der Waals surface area contributed by atoms with Gasteiger partial charge in [0.05, 0.1) is 24.2 Å². The molecule has 2 aliphatic rings. The van der Waals surface area contributed by atoms with Gasteiger partial charge in [-0.25, -0.2) is 9.59 Å². The van der Waals surface area contributed by atoms with Gasteiger partial charge in [0.2, 0.25) is 35.4 Å². The van der Waals surface area contributed by atoms with Crippen LogP contribution in [0.5, 0.6) is 11.5 Å². The van der Waals surface area contributed by atoms with Crippen molar-refractivity contribution >= 4 is 80.0 Å². The molecule has 14 N–H and O–H groups in total. The lowest BCUT2D eigenvalue weighted by Gasteiger charge is -2.29. The van der Waals surface area contributed by atoms with E-state index in [4.69, 9.17) is 14.8 Å². The minimum atomic E-state index is -4.90. The molecule has 0 spiro atoms. The molecule has 8 amide bonds. The van der Waals surface area contributed by atoms with Gasteiger partial charge in [-0.05, 0) is 99.6 Å². The Morgan fingerprint density at radius 3 is 1.73 bits per heavy atom. The normalized spacial score (nSPS) is 18.5. The molecule has 2 aromatic rings. The maximum absolute atomic E-state index is 14.1. The number of hydrogen-bond donors (Lipinski definition) is 13. The Morgan fingerprint density at radius 1 is 0.675 bits per heavy atom. The van der Waals surface area contributed by atoms with Crippen molar-refractivity contribution in [2.45, 2.75) is 164 Å². The molecule has 80 heavy (non-hydrogen) atoms. The van der Waals surface area contributed by atoms with E-state index in [-0.39, 0.29) is 85.6 Å². The van der Waals surface area contributed by atoms with E-state index in [9.17, 15) is 65.4 Å². The molecule has 2 fully saturated rings. The lowest BCUT2D eigenvalue weighted by atomic mass is 9.96. The second-order valence-electron chi connectivity index (χ2n) is 19.8. The van der Waals surface area contributed by atoms with Gasteiger partial charge in [-0.3, -0.25) is 37.9 Å². The van der Waals surface area contributed by atoms with Crippen LogP contribution in [-0.4, -0.2) is 156 Å². The number of carboxylic acid groups (broad SMARTS) is 1. The Morgan fingerprint density at radius 2 is 1.19 bits per heavy atom. The Hall–Kier alpha value is -6.31. The fraction of sp³-hybridized carbons (Fsp3) is 0.600. The molecular weight excluding hydrogens is 1110 g/mol. The zero-order chi connectivity index (χ0) is 59.2. The quantitative estimate of drug-likeness (QED) is 0.0248. The molecular formula is C50H75N9O18S3. The fourth-order valence-corrected chi connectivity index (χ4v) is 11.0. The van der Waals surface area contributed by atoms with Gasteiger partial charge in [0, 0.05) is 43.4 Å². The molecule has 446 valence electrons. The number of unbranched alkanes of at least 4 members (excludes halogenated alkanes) is 4. The summed E-state index contributed by atoms with van der Waals surface area (Å²) < 4.78 is 71.5. The van der Waals surface area contributed by atoms with Crippen LogP contribution < -0.4 is 56.6 Å². The van der Waals surface area contributed by atoms with E-state index in [1.165, 1.54) is 36.4 Å². The van der Waals surface area contributed by atoms with Gasteiger partial charge in [0.1, 0.15) is 35.7 Å². The summed E-state index contributed by atoms with van der Waals surface area (Å²) in [5.41, 5.74) is 6.92. The van der Waals surface area contributed by atoms with Crippen molar-refractivity contribution in [1.82, 2.24) is 42.5 Å². The number of thioether (sulfide) groups is 1. The Kier molecular flexibility index (Phi) is 26.7. The Bertz CT molecular complexity index is 2650. The van der Waals surface area contributed by atoms with E-state index < -0.39 is 92.6 Å². The van der Waals surface area contributed by atoms with Crippen molar-refractivity contribution < 1.29 is 82.9 Å². The van der Waals surface area contributed by atoms with Crippen LogP contribution in [0.3, 0.4) is 0 Å². The predicted octanol–water partition coefficient (Wildman–Crippen LogP) is 0.302. The summed E-state index contributed by atoms with van der Waals surface area (Å²) in [6.45, 7) is 5.24. The van der Waals surface area contributed by atoms with Crippen molar-refractivity contribution in [1.29, 1.82) is 0 Å². The van der Waals surface area contributed by atoms with E-state index >= 15 is 0 Å². The molecule has 4 rings (SSSR count). The molecule has 0 bridgehead atoms. The van der Waals surface area contributed by atoms with Crippen LogP contribution >= 0.6 is 11.8 Å². The number of aliphatic hydroxyl groups excluding tert-OH is 1. The van der Waals surface area contributed by atoms with Crippen molar-refractivity contribution in [3.63, 3.8) is 0 Å². The van der Waals surface area contributed by atoms with Crippen LogP contribution in [0.4, 0.5) is 4.79 Å². The van der Waals surface area contributed by atoms with Crippen LogP contribution in [0.25, 0.3) is 0 Å². The van der Waals surface area contributed by atoms with E-state index in [1.807, 2.05) is 11.8 Å². The highest BCUT2D eigenvalue weighted by Crippen LogP contribution is 2.33. The maximum Gasteiger partial charge on any atom is 0.446 e. The van der Waals surface area contributed by atoms with Crippen LogP contribution in [-0.2, 0) is 67.2 Å². The summed E-state index contributed by atoms with van der Waals surface area (Å²) >= 11 is 1.84. The van der Waals surface area contributed by atoms with Crippen molar-refractivity contribution in [2.75, 3.05) is 18.8 Å². The number of nitrogens with two attached hydrogens (primary N) is 1.